The monoisotopic (exact) mass is 542 g/mol. The Morgan fingerprint density at radius 3 is 2.21 bits per heavy atom. The largest absolute Gasteiger partial charge is 0.416 e. The standard InChI is InChI=1S/C27H28F6N2O3/c28-26(29,30)19-12-17(13-20(14-19)27(31,32)33)16-38-23-7-6-22-21(24(36)35-8-10-37-11-9-35)15-25(23,34-22)18-4-2-1-3-5-18/h1-5,12-14,21-23,34H,6-11,15-16H2. The molecule has 0 aliphatic carbocycles. The van der Waals surface area contributed by atoms with Gasteiger partial charge in [-0.15, -0.1) is 0 Å². The molecule has 206 valence electrons. The lowest BCUT2D eigenvalue weighted by Crippen LogP contribution is -2.54. The normalized spacial score (nSPS) is 27.9. The zero-order chi connectivity index (χ0) is 27.1. The van der Waals surface area contributed by atoms with Crippen molar-refractivity contribution >= 4 is 5.91 Å². The number of carbonyl (C=O) groups excluding carboxylic acids is 1. The van der Waals surface area contributed by atoms with Crippen LogP contribution < -0.4 is 5.32 Å². The number of alkyl halides is 6. The lowest BCUT2D eigenvalue weighted by Gasteiger charge is -2.42. The number of nitrogens with one attached hydrogen (secondary N) is 1. The van der Waals surface area contributed by atoms with Gasteiger partial charge in [0.1, 0.15) is 0 Å². The Labute approximate surface area is 216 Å². The van der Waals surface area contributed by atoms with Crippen molar-refractivity contribution in [3.63, 3.8) is 0 Å². The molecular formula is C27H28F6N2O3. The third kappa shape index (κ3) is 5.28. The third-order valence-electron chi connectivity index (χ3n) is 7.79. The number of hydrogen-bond acceptors (Lipinski definition) is 4. The van der Waals surface area contributed by atoms with Gasteiger partial charge in [0, 0.05) is 19.1 Å². The molecule has 5 nitrogen and oxygen atoms in total. The number of morpholine rings is 1. The van der Waals surface area contributed by atoms with Gasteiger partial charge >= 0.3 is 12.4 Å². The first-order valence-corrected chi connectivity index (χ1v) is 12.6. The second-order valence-corrected chi connectivity index (χ2v) is 10.1. The number of fused-ring (bicyclic) bond motifs is 2. The molecule has 2 aromatic carbocycles. The smallest absolute Gasteiger partial charge is 0.378 e. The van der Waals surface area contributed by atoms with E-state index in [0.717, 1.165) is 5.56 Å². The molecule has 4 unspecified atom stereocenters. The van der Waals surface area contributed by atoms with Crippen LogP contribution in [0.2, 0.25) is 0 Å². The second kappa shape index (κ2) is 10.2. The molecule has 2 aromatic rings. The number of rotatable bonds is 5. The summed E-state index contributed by atoms with van der Waals surface area (Å²) in [6.07, 6.45) is -8.91. The molecule has 1 amide bonds. The summed E-state index contributed by atoms with van der Waals surface area (Å²) in [5, 5.41) is 3.58. The summed E-state index contributed by atoms with van der Waals surface area (Å²) < 4.78 is 91.6. The van der Waals surface area contributed by atoms with Gasteiger partial charge in [0.05, 0.1) is 48.5 Å². The highest BCUT2D eigenvalue weighted by Crippen LogP contribution is 2.48. The van der Waals surface area contributed by atoms with Crippen molar-refractivity contribution in [2.75, 3.05) is 26.3 Å². The average molecular weight is 543 g/mol. The number of ether oxygens (including phenoxy) is 2. The summed E-state index contributed by atoms with van der Waals surface area (Å²) in [6.45, 7) is 1.54. The van der Waals surface area contributed by atoms with E-state index in [0.29, 0.717) is 57.7 Å². The Kier molecular flexibility index (Phi) is 7.21. The zero-order valence-corrected chi connectivity index (χ0v) is 20.4. The fourth-order valence-corrected chi connectivity index (χ4v) is 5.98. The Balaban J connectivity index is 1.42. The predicted octanol–water partition coefficient (Wildman–Crippen LogP) is 5.14. The third-order valence-corrected chi connectivity index (χ3v) is 7.79. The molecule has 0 aromatic heterocycles. The van der Waals surface area contributed by atoms with Crippen LogP contribution in [0, 0.1) is 5.92 Å². The summed E-state index contributed by atoms with van der Waals surface area (Å²) in [4.78, 5) is 15.2. The Hall–Kier alpha value is -2.63. The molecule has 3 aliphatic rings. The summed E-state index contributed by atoms with van der Waals surface area (Å²) >= 11 is 0. The molecular weight excluding hydrogens is 514 g/mol. The summed E-state index contributed by atoms with van der Waals surface area (Å²) in [6, 6.07) is 10.8. The van der Waals surface area contributed by atoms with Crippen molar-refractivity contribution in [2.45, 2.75) is 55.9 Å². The van der Waals surface area contributed by atoms with Crippen LogP contribution in [0.15, 0.2) is 48.5 Å². The summed E-state index contributed by atoms with van der Waals surface area (Å²) in [5.74, 6) is -0.302. The van der Waals surface area contributed by atoms with Crippen molar-refractivity contribution in [1.29, 1.82) is 0 Å². The van der Waals surface area contributed by atoms with Crippen molar-refractivity contribution in [3.05, 3.63) is 70.8 Å². The molecule has 0 radical (unpaired) electrons. The first-order valence-electron chi connectivity index (χ1n) is 12.6. The summed E-state index contributed by atoms with van der Waals surface area (Å²) in [7, 11) is 0. The predicted molar refractivity (Wildman–Crippen MR) is 125 cm³/mol. The highest BCUT2D eigenvalue weighted by molar-refractivity contribution is 5.80. The van der Waals surface area contributed by atoms with Gasteiger partial charge in [-0.05, 0) is 48.6 Å². The van der Waals surface area contributed by atoms with Crippen LogP contribution in [0.25, 0.3) is 0 Å². The van der Waals surface area contributed by atoms with E-state index in [4.69, 9.17) is 9.47 Å². The Morgan fingerprint density at radius 1 is 0.974 bits per heavy atom. The van der Waals surface area contributed by atoms with Crippen molar-refractivity contribution in [1.82, 2.24) is 10.2 Å². The van der Waals surface area contributed by atoms with Crippen LogP contribution in [0.4, 0.5) is 26.3 Å². The molecule has 4 atom stereocenters. The number of halogens is 6. The molecule has 38 heavy (non-hydrogen) atoms. The van der Waals surface area contributed by atoms with Crippen LogP contribution >= 0.6 is 0 Å². The quantitative estimate of drug-likeness (QED) is 0.532. The lowest BCUT2D eigenvalue weighted by atomic mass is 9.80. The SMILES string of the molecule is O=C(C1CC2(c3ccccc3)NC1CCC2OCc1cc(C(F)(F)F)cc(C(F)(F)F)c1)N1CCOCC1. The van der Waals surface area contributed by atoms with E-state index in [1.165, 1.54) is 0 Å². The van der Waals surface area contributed by atoms with Crippen LogP contribution in [-0.2, 0) is 38.8 Å². The average Bonchev–Trinajstić information content (AvgIpc) is 3.21. The minimum absolute atomic E-state index is 0.0250. The van der Waals surface area contributed by atoms with Gasteiger partial charge in [0.25, 0.3) is 0 Å². The molecule has 11 heteroatoms. The van der Waals surface area contributed by atoms with E-state index in [2.05, 4.69) is 5.32 Å². The van der Waals surface area contributed by atoms with Gasteiger partial charge in [0.2, 0.25) is 5.91 Å². The van der Waals surface area contributed by atoms with Gasteiger partial charge < -0.3 is 19.7 Å². The van der Waals surface area contributed by atoms with E-state index in [-0.39, 0.29) is 29.5 Å². The number of carbonyl (C=O) groups is 1. The molecule has 1 N–H and O–H groups in total. The molecule has 0 spiro atoms. The molecule has 3 fully saturated rings. The number of amides is 1. The van der Waals surface area contributed by atoms with E-state index in [9.17, 15) is 31.1 Å². The van der Waals surface area contributed by atoms with Gasteiger partial charge in [-0.25, -0.2) is 0 Å². The van der Waals surface area contributed by atoms with Gasteiger partial charge in [-0.1, -0.05) is 30.3 Å². The highest BCUT2D eigenvalue weighted by Gasteiger charge is 2.56. The summed E-state index contributed by atoms with van der Waals surface area (Å²) in [5.41, 5.74) is -2.89. The van der Waals surface area contributed by atoms with Gasteiger partial charge in [-0.3, -0.25) is 4.79 Å². The maximum absolute atomic E-state index is 13.4. The molecule has 3 aliphatic heterocycles. The maximum Gasteiger partial charge on any atom is 0.416 e. The first-order chi connectivity index (χ1) is 18.0. The molecule has 3 saturated heterocycles. The fourth-order valence-electron chi connectivity index (χ4n) is 5.98. The van der Waals surface area contributed by atoms with E-state index in [1.807, 2.05) is 30.3 Å². The highest BCUT2D eigenvalue weighted by atomic mass is 19.4. The topological polar surface area (TPSA) is 50.8 Å². The number of hydrogen-bond donors (Lipinski definition) is 1. The minimum Gasteiger partial charge on any atom is -0.378 e. The van der Waals surface area contributed by atoms with Crippen LogP contribution in [-0.4, -0.2) is 49.3 Å². The minimum atomic E-state index is -4.93. The molecule has 2 bridgehead atoms. The Morgan fingerprint density at radius 2 is 1.61 bits per heavy atom. The van der Waals surface area contributed by atoms with E-state index >= 15 is 0 Å². The first kappa shape index (κ1) is 27.0. The van der Waals surface area contributed by atoms with Crippen molar-refractivity contribution < 1.29 is 40.6 Å². The van der Waals surface area contributed by atoms with Gasteiger partial charge in [0.15, 0.2) is 0 Å². The van der Waals surface area contributed by atoms with Crippen LogP contribution in [0.1, 0.15) is 41.5 Å². The molecule has 0 saturated carbocycles. The van der Waals surface area contributed by atoms with E-state index in [1.54, 1.807) is 4.90 Å². The van der Waals surface area contributed by atoms with Crippen LogP contribution in [0.5, 0.6) is 0 Å². The maximum atomic E-state index is 13.4. The van der Waals surface area contributed by atoms with Crippen molar-refractivity contribution in [2.24, 2.45) is 5.92 Å². The number of nitrogens with zero attached hydrogens (tertiary/aromatic N) is 1. The zero-order valence-electron chi connectivity index (χ0n) is 20.4. The van der Waals surface area contributed by atoms with Gasteiger partial charge in [-0.2, -0.15) is 26.3 Å². The van der Waals surface area contributed by atoms with Crippen LogP contribution in [0.3, 0.4) is 0 Å². The number of piperidine rings is 1. The molecule has 3 heterocycles. The second-order valence-electron chi connectivity index (χ2n) is 10.1. The molecule has 5 rings (SSSR count). The lowest BCUT2D eigenvalue weighted by molar-refractivity contribution is -0.143. The van der Waals surface area contributed by atoms with Crippen molar-refractivity contribution in [3.8, 4) is 0 Å². The van der Waals surface area contributed by atoms with E-state index < -0.39 is 41.7 Å². The fraction of sp³-hybridized carbons (Fsp3) is 0.519. The Bertz CT molecular complexity index is 1120. The number of benzene rings is 2.